The number of hydrogen-bond donors (Lipinski definition) is 0. The van der Waals surface area contributed by atoms with Crippen LogP contribution in [0.3, 0.4) is 0 Å². The first kappa shape index (κ1) is 21.6. The van der Waals surface area contributed by atoms with Crippen LogP contribution in [-0.2, 0) is 14.2 Å². The molecule has 26 heavy (non-hydrogen) atoms. The van der Waals surface area contributed by atoms with Gasteiger partial charge in [0.15, 0.2) is 0 Å². The van der Waals surface area contributed by atoms with Crippen LogP contribution in [0.1, 0.15) is 34.2 Å². The topological polar surface area (TPSA) is 53.8 Å². The fourth-order valence-corrected chi connectivity index (χ4v) is 2.95. The molecule has 0 amide bonds. The van der Waals surface area contributed by atoms with E-state index in [1.807, 2.05) is 34.5 Å². The normalized spacial score (nSPS) is 10.8. The van der Waals surface area contributed by atoms with Crippen LogP contribution in [0.5, 0.6) is 0 Å². The Morgan fingerprint density at radius 1 is 0.885 bits per heavy atom. The predicted octanol–water partition coefficient (Wildman–Crippen LogP) is 2.22. The quantitative estimate of drug-likeness (QED) is 0.521. The Kier molecular flexibility index (Phi) is 7.43. The molecule has 6 nitrogen and oxygen atoms in total. The van der Waals surface area contributed by atoms with Gasteiger partial charge < -0.3 is 10.2 Å². The Morgan fingerprint density at radius 3 is 1.58 bits per heavy atom. The van der Waals surface area contributed by atoms with Gasteiger partial charge in [0.1, 0.15) is 11.4 Å². The molecule has 3 rings (SSSR count). The number of hydrogen-bond acceptors (Lipinski definition) is 1. The van der Waals surface area contributed by atoms with Gasteiger partial charge >= 0.3 is 49.6 Å². The van der Waals surface area contributed by atoms with Gasteiger partial charge in [-0.2, -0.15) is 9.69 Å². The minimum atomic E-state index is -1.94. The molecule has 0 aromatic carbocycles. The molecular weight excluding hydrogens is 477 g/mol. The van der Waals surface area contributed by atoms with Gasteiger partial charge in [-0.15, -0.1) is 11.4 Å². The van der Waals surface area contributed by atoms with Crippen LogP contribution in [0, 0.1) is 41.5 Å². The third-order valence-corrected chi connectivity index (χ3v) is 3.79. The monoisotopic (exact) mass is 499 g/mol. The fourth-order valence-electron chi connectivity index (χ4n) is 2.95. The van der Waals surface area contributed by atoms with Crippen molar-refractivity contribution >= 4 is 35.4 Å². The van der Waals surface area contributed by atoms with Crippen LogP contribution in [-0.4, -0.2) is 16.8 Å². The molecule has 3 aromatic heterocycles. The van der Waals surface area contributed by atoms with E-state index in [0.29, 0.717) is 0 Å². The van der Waals surface area contributed by atoms with Crippen LogP contribution in [0.2, 0.25) is 0 Å². The molecule has 0 unspecified atom stereocenters. The summed E-state index contributed by atoms with van der Waals surface area (Å²) in [5, 5.41) is 14.0. The van der Waals surface area contributed by atoms with E-state index in [-0.39, 0.29) is 7.12 Å². The van der Waals surface area contributed by atoms with Gasteiger partial charge in [0.2, 0.25) is 0 Å². The Labute approximate surface area is 171 Å². The second-order valence-corrected chi connectivity index (χ2v) is 15.3. The van der Waals surface area contributed by atoms with Crippen LogP contribution in [0.4, 0.5) is 0 Å². The molecule has 11 heteroatoms. The van der Waals surface area contributed by atoms with E-state index in [0.717, 1.165) is 34.2 Å². The molecule has 0 atom stereocenters. The third kappa shape index (κ3) is 5.16. The second kappa shape index (κ2) is 8.96. The van der Waals surface area contributed by atoms with Crippen molar-refractivity contribution in [3.63, 3.8) is 0 Å². The maximum absolute atomic E-state index is 4.98. The van der Waals surface area contributed by atoms with Crippen molar-refractivity contribution in [2.24, 2.45) is 0 Å². The van der Waals surface area contributed by atoms with Gasteiger partial charge in [0.25, 0.3) is 0 Å². The van der Waals surface area contributed by atoms with E-state index in [2.05, 4.69) is 54.3 Å². The first-order chi connectivity index (χ1) is 12.1. The van der Waals surface area contributed by atoms with Gasteiger partial charge in [-0.1, -0.05) is 13.8 Å². The standard InChI is InChI=1S/C15H21BN6.3ClH.Mo/c1-10-7-13(4)20(17-10)16(21-14(5)8-11(2)18-21)22-15(6)9-12(3)19-22;;;;/h7-9H,1-6H3;3*1H;/q;;;;+3/p-3. The molecule has 0 bridgehead atoms. The summed E-state index contributed by atoms with van der Waals surface area (Å²) in [7, 11) is 14.7. The summed E-state index contributed by atoms with van der Waals surface area (Å²) in [5.74, 6) is 0. The molecule has 0 N–H and O–H groups in total. The van der Waals surface area contributed by atoms with E-state index in [1.54, 1.807) is 0 Å². The van der Waals surface area contributed by atoms with Crippen molar-refractivity contribution in [2.75, 3.05) is 0 Å². The Balaban J connectivity index is 0.000000552. The van der Waals surface area contributed by atoms with Gasteiger partial charge in [0, 0.05) is 19.5 Å². The Hall–Kier alpha value is -0.747. The molecule has 3 aromatic rings. The van der Waals surface area contributed by atoms with E-state index < -0.39 is 14.2 Å². The molecule has 0 spiro atoms. The van der Waals surface area contributed by atoms with Crippen molar-refractivity contribution in [1.82, 2.24) is 19.9 Å². The zero-order valence-electron chi connectivity index (χ0n) is 15.5. The summed E-state index contributed by atoms with van der Waals surface area (Å²) in [6.45, 7) is 12.2. The molecule has 3 heterocycles. The molecule has 0 saturated carbocycles. The van der Waals surface area contributed by atoms with Crippen molar-refractivity contribution in [2.45, 2.75) is 41.5 Å². The maximum atomic E-state index is 4.98. The van der Waals surface area contributed by atoms with Crippen molar-refractivity contribution in [3.05, 3.63) is 52.4 Å². The predicted molar refractivity (Wildman–Crippen MR) is 100 cm³/mol. The van der Waals surface area contributed by atoms with E-state index in [1.165, 1.54) is 0 Å². The Morgan fingerprint density at radius 2 is 1.31 bits per heavy atom. The SMILES string of the molecule is Cc1cc(C)n(B([n+]2[n-]c(C)cc2C)[n+]2[n-]c(C)cc2C)n1.[Cl][Mo]([Cl])[Cl]. The van der Waals surface area contributed by atoms with Crippen LogP contribution >= 0.6 is 28.3 Å². The number of aromatic nitrogens is 6. The molecule has 0 aliphatic heterocycles. The third-order valence-electron chi connectivity index (χ3n) is 3.79. The summed E-state index contributed by atoms with van der Waals surface area (Å²) >= 11 is -1.94. The fraction of sp³-hybridized carbons (Fsp3) is 0.400. The van der Waals surface area contributed by atoms with Gasteiger partial charge in [-0.3, -0.25) is 9.19 Å². The zero-order valence-corrected chi connectivity index (χ0v) is 19.8. The summed E-state index contributed by atoms with van der Waals surface area (Å²) in [4.78, 5) is 0. The summed E-state index contributed by atoms with van der Waals surface area (Å²) in [5.41, 5.74) is 6.23. The zero-order chi connectivity index (χ0) is 19.6. The van der Waals surface area contributed by atoms with Gasteiger partial charge in [0.05, 0.1) is 5.69 Å². The average molecular weight is 498 g/mol. The molecule has 0 aliphatic carbocycles. The first-order valence-electron chi connectivity index (χ1n) is 7.91. The van der Waals surface area contributed by atoms with Crippen molar-refractivity contribution in [1.29, 1.82) is 0 Å². The molecule has 141 valence electrons. The van der Waals surface area contributed by atoms with Crippen LogP contribution < -0.4 is 19.4 Å². The summed E-state index contributed by atoms with van der Waals surface area (Å²) in [6.07, 6.45) is 0. The number of nitrogens with zero attached hydrogens (tertiary/aromatic N) is 6. The molecular formula is C15H21BCl3MoN6. The first-order valence-corrected chi connectivity index (χ1v) is 15.7. The van der Waals surface area contributed by atoms with Gasteiger partial charge in [-0.05, 0) is 32.0 Å². The van der Waals surface area contributed by atoms with E-state index in [4.69, 9.17) is 28.3 Å². The number of aryl methyl sites for hydroxylation is 6. The number of rotatable bonds is 3. The minimum absolute atomic E-state index is 0.226. The van der Waals surface area contributed by atoms with Gasteiger partial charge in [-0.25, -0.2) is 0 Å². The van der Waals surface area contributed by atoms with Crippen LogP contribution in [0.15, 0.2) is 18.2 Å². The summed E-state index contributed by atoms with van der Waals surface area (Å²) < 4.78 is 5.94. The average Bonchev–Trinajstić information content (AvgIpc) is 3.10. The molecule has 0 aliphatic rings. The van der Waals surface area contributed by atoms with E-state index >= 15 is 0 Å². The van der Waals surface area contributed by atoms with E-state index in [9.17, 15) is 0 Å². The Bertz CT molecular complexity index is 775. The molecule has 0 saturated heterocycles. The number of halogens is 3. The van der Waals surface area contributed by atoms with Crippen molar-refractivity contribution < 1.29 is 23.4 Å². The second-order valence-electron chi connectivity index (χ2n) is 6.14. The van der Waals surface area contributed by atoms with Crippen LogP contribution in [0.25, 0.3) is 0 Å². The molecule has 0 fully saturated rings. The van der Waals surface area contributed by atoms with Crippen molar-refractivity contribution in [3.8, 4) is 0 Å². The molecule has 0 radical (unpaired) electrons. The summed E-state index contributed by atoms with van der Waals surface area (Å²) in [6, 6.07) is 6.22.